The van der Waals surface area contributed by atoms with Crippen LogP contribution in [0.3, 0.4) is 0 Å². The molecule has 0 radical (unpaired) electrons. The topological polar surface area (TPSA) is 233 Å². The summed E-state index contributed by atoms with van der Waals surface area (Å²) in [7, 11) is 0. The highest BCUT2D eigenvalue weighted by molar-refractivity contribution is 5.91. The quantitative estimate of drug-likeness (QED) is 0.133. The number of primary amides is 1. The van der Waals surface area contributed by atoms with Crippen LogP contribution in [0.15, 0.2) is 0 Å². The van der Waals surface area contributed by atoms with E-state index in [0.717, 1.165) is 0 Å². The second-order valence-electron chi connectivity index (χ2n) is 7.83. The van der Waals surface area contributed by atoms with Gasteiger partial charge in [-0.15, -0.1) is 0 Å². The zero-order valence-corrected chi connectivity index (χ0v) is 18.8. The average molecular weight is 478 g/mol. The van der Waals surface area contributed by atoms with Gasteiger partial charge >= 0.3 is 5.97 Å². The lowest BCUT2D eigenvalue weighted by molar-refractivity contribution is -0.264. The van der Waals surface area contributed by atoms with Crippen molar-refractivity contribution < 1.29 is 48.7 Å². The second-order valence-corrected chi connectivity index (χ2v) is 7.83. The molecule has 0 aromatic carbocycles. The van der Waals surface area contributed by atoms with E-state index in [1.54, 1.807) is 6.92 Å². The molecule has 1 heterocycles. The number of hydrogen-bond acceptors (Lipinski definition) is 11. The predicted octanol–water partition coefficient (Wildman–Crippen LogP) is -4.02. The minimum Gasteiger partial charge on any atom is -0.463 e. The molecule has 0 aromatic heterocycles. The molecule has 14 heteroatoms. The van der Waals surface area contributed by atoms with Gasteiger partial charge in [0.25, 0.3) is 0 Å². The summed E-state index contributed by atoms with van der Waals surface area (Å²) in [5.41, 5.74) is 11.0. The van der Waals surface area contributed by atoms with E-state index in [1.165, 1.54) is 13.8 Å². The number of aliphatic hydroxyl groups excluding tert-OH is 3. The molecular formula is C19H34N4O10. The van der Waals surface area contributed by atoms with Crippen molar-refractivity contribution in [3.8, 4) is 0 Å². The molecular weight excluding hydrogens is 444 g/mol. The van der Waals surface area contributed by atoms with Gasteiger partial charge in [-0.05, 0) is 20.3 Å². The first-order valence-electron chi connectivity index (χ1n) is 10.4. The van der Waals surface area contributed by atoms with Gasteiger partial charge in [0.1, 0.15) is 37.0 Å². The number of carbonyl (C=O) groups excluding carboxylic acids is 4. The Morgan fingerprint density at radius 3 is 2.33 bits per heavy atom. The highest BCUT2D eigenvalue weighted by atomic mass is 16.6. The summed E-state index contributed by atoms with van der Waals surface area (Å²) in [6, 6.07) is -3.15. The second kappa shape index (κ2) is 13.4. The number of ether oxygens (including phenoxy) is 3. The van der Waals surface area contributed by atoms with Crippen molar-refractivity contribution in [1.29, 1.82) is 0 Å². The Labute approximate surface area is 190 Å². The fourth-order valence-electron chi connectivity index (χ4n) is 3.08. The minimum atomic E-state index is -1.46. The lowest BCUT2D eigenvalue weighted by Gasteiger charge is -2.41. The molecule has 8 atom stereocenters. The first-order chi connectivity index (χ1) is 15.4. The molecule has 1 aliphatic rings. The molecule has 1 rings (SSSR count). The van der Waals surface area contributed by atoms with Crippen molar-refractivity contribution in [2.45, 2.75) is 82.4 Å². The van der Waals surface area contributed by atoms with E-state index in [-0.39, 0.29) is 19.4 Å². The molecule has 1 saturated heterocycles. The van der Waals surface area contributed by atoms with Crippen molar-refractivity contribution in [3.63, 3.8) is 0 Å². The predicted molar refractivity (Wildman–Crippen MR) is 111 cm³/mol. The highest BCUT2D eigenvalue weighted by Crippen LogP contribution is 2.22. The number of esters is 1. The van der Waals surface area contributed by atoms with Gasteiger partial charge in [-0.3, -0.25) is 19.2 Å². The SMILES string of the molecule is CC(=O)N[C@@H](C)C(=O)N[C@H](CCC(=O)OCC(C)O[C@@H]1[C@@H](N)[C@@H](O)O[C@H](CO)[C@H]1O)C(N)=O. The molecule has 0 saturated carbocycles. The third-order valence-electron chi connectivity index (χ3n) is 4.90. The summed E-state index contributed by atoms with van der Waals surface area (Å²) < 4.78 is 15.6. The van der Waals surface area contributed by atoms with Crippen molar-refractivity contribution in [1.82, 2.24) is 10.6 Å². The van der Waals surface area contributed by atoms with Gasteiger partial charge in [-0.1, -0.05) is 0 Å². The number of aliphatic hydroxyl groups is 3. The van der Waals surface area contributed by atoms with Crippen LogP contribution in [0.1, 0.15) is 33.6 Å². The standard InChI is InChI=1S/C19H34N4O10/c1-8(32-16-14(20)19(30)33-12(6-24)15(16)27)7-31-13(26)5-4-11(17(21)28)23-18(29)9(2)22-10(3)25/h8-9,11-12,14-16,19,24,27,30H,4-7,20H2,1-3H3,(H2,21,28)(H,22,25)(H,23,29)/t8?,9-,11+,12+,14+,15+,16+,19-/m0/s1. The lowest BCUT2D eigenvalue weighted by atomic mass is 9.97. The number of rotatable bonds is 12. The summed E-state index contributed by atoms with van der Waals surface area (Å²) in [6.07, 6.45) is -6.07. The van der Waals surface area contributed by atoms with Crippen molar-refractivity contribution in [2.75, 3.05) is 13.2 Å². The number of nitrogens with one attached hydrogen (secondary N) is 2. The molecule has 9 N–H and O–H groups in total. The van der Waals surface area contributed by atoms with E-state index in [2.05, 4.69) is 10.6 Å². The normalized spacial score (nSPS) is 27.7. The van der Waals surface area contributed by atoms with Crippen LogP contribution in [0.4, 0.5) is 0 Å². The number of nitrogens with two attached hydrogens (primary N) is 2. The third kappa shape index (κ3) is 9.19. The van der Waals surface area contributed by atoms with Gasteiger partial charge in [-0.2, -0.15) is 0 Å². The molecule has 33 heavy (non-hydrogen) atoms. The molecule has 190 valence electrons. The molecule has 1 unspecified atom stereocenters. The molecule has 0 spiro atoms. The Morgan fingerprint density at radius 2 is 1.79 bits per heavy atom. The van der Waals surface area contributed by atoms with Gasteiger partial charge in [0.2, 0.25) is 17.7 Å². The van der Waals surface area contributed by atoms with Crippen LogP contribution in [0.5, 0.6) is 0 Å². The van der Waals surface area contributed by atoms with E-state index >= 15 is 0 Å². The first-order valence-corrected chi connectivity index (χ1v) is 10.4. The fourth-order valence-corrected chi connectivity index (χ4v) is 3.08. The summed E-state index contributed by atoms with van der Waals surface area (Å²) in [6.45, 7) is 3.41. The Kier molecular flexibility index (Phi) is 11.6. The van der Waals surface area contributed by atoms with E-state index < -0.39 is 79.1 Å². The molecule has 1 fully saturated rings. The Balaban J connectivity index is 2.50. The fraction of sp³-hybridized carbons (Fsp3) is 0.789. The minimum absolute atomic E-state index is 0.129. The first kappa shape index (κ1) is 28.7. The van der Waals surface area contributed by atoms with E-state index in [0.29, 0.717) is 0 Å². The zero-order chi connectivity index (χ0) is 25.3. The summed E-state index contributed by atoms with van der Waals surface area (Å²) in [4.78, 5) is 46.7. The highest BCUT2D eigenvalue weighted by Gasteiger charge is 2.44. The van der Waals surface area contributed by atoms with Crippen LogP contribution in [0, 0.1) is 0 Å². The van der Waals surface area contributed by atoms with Crippen molar-refractivity contribution >= 4 is 23.7 Å². The van der Waals surface area contributed by atoms with Crippen LogP contribution in [-0.4, -0.2) is 101 Å². The summed E-state index contributed by atoms with van der Waals surface area (Å²) in [5, 5.41) is 33.9. The van der Waals surface area contributed by atoms with E-state index in [9.17, 15) is 34.5 Å². The van der Waals surface area contributed by atoms with Crippen LogP contribution in [0.2, 0.25) is 0 Å². The Bertz CT molecular complexity index is 693. The van der Waals surface area contributed by atoms with Crippen molar-refractivity contribution in [3.05, 3.63) is 0 Å². The van der Waals surface area contributed by atoms with Gasteiger partial charge in [0.15, 0.2) is 6.29 Å². The third-order valence-corrected chi connectivity index (χ3v) is 4.90. The maximum absolute atomic E-state index is 12.0. The molecule has 0 bridgehead atoms. The van der Waals surface area contributed by atoms with E-state index in [1.807, 2.05) is 0 Å². The number of carbonyl (C=O) groups is 4. The van der Waals surface area contributed by atoms with Gasteiger partial charge in [-0.25, -0.2) is 0 Å². The lowest BCUT2D eigenvalue weighted by Crippen LogP contribution is -2.63. The molecule has 0 aliphatic carbocycles. The van der Waals surface area contributed by atoms with Crippen LogP contribution >= 0.6 is 0 Å². The monoisotopic (exact) mass is 478 g/mol. The Morgan fingerprint density at radius 1 is 1.15 bits per heavy atom. The maximum atomic E-state index is 12.0. The molecule has 14 nitrogen and oxygen atoms in total. The van der Waals surface area contributed by atoms with Gasteiger partial charge < -0.3 is 51.6 Å². The van der Waals surface area contributed by atoms with Crippen molar-refractivity contribution in [2.24, 2.45) is 11.5 Å². The summed E-state index contributed by atoms with van der Waals surface area (Å²) in [5.74, 6) is -2.63. The van der Waals surface area contributed by atoms with E-state index in [4.69, 9.17) is 25.7 Å². The van der Waals surface area contributed by atoms with Crippen LogP contribution in [-0.2, 0) is 33.4 Å². The average Bonchev–Trinajstić information content (AvgIpc) is 2.74. The number of hydrogen-bond donors (Lipinski definition) is 7. The number of amides is 3. The van der Waals surface area contributed by atoms with Gasteiger partial charge in [0.05, 0.1) is 18.8 Å². The van der Waals surface area contributed by atoms with Crippen LogP contribution in [0.25, 0.3) is 0 Å². The smallest absolute Gasteiger partial charge is 0.305 e. The largest absolute Gasteiger partial charge is 0.463 e. The van der Waals surface area contributed by atoms with Crippen LogP contribution < -0.4 is 22.1 Å². The zero-order valence-electron chi connectivity index (χ0n) is 18.8. The molecule has 0 aromatic rings. The maximum Gasteiger partial charge on any atom is 0.305 e. The molecule has 3 amide bonds. The molecule has 1 aliphatic heterocycles. The Hall–Kier alpha value is -2.36. The summed E-state index contributed by atoms with van der Waals surface area (Å²) >= 11 is 0. The van der Waals surface area contributed by atoms with Gasteiger partial charge in [0, 0.05) is 13.3 Å².